The van der Waals surface area contributed by atoms with Gasteiger partial charge >= 0.3 is 0 Å². The lowest BCUT2D eigenvalue weighted by Crippen LogP contribution is -2.02. The molecule has 2 aromatic heterocycles. The van der Waals surface area contributed by atoms with E-state index >= 15 is 0 Å². The lowest BCUT2D eigenvalue weighted by atomic mass is 10.1. The molecular weight excluding hydrogens is 202 g/mol. The Labute approximate surface area is 93.9 Å². The molecule has 0 atom stereocenters. The van der Waals surface area contributed by atoms with E-state index in [4.69, 9.17) is 0 Å². The molecule has 0 radical (unpaired) electrons. The summed E-state index contributed by atoms with van der Waals surface area (Å²) in [5, 5.41) is 4.21. The van der Waals surface area contributed by atoms with E-state index in [1.165, 1.54) is 0 Å². The first kappa shape index (κ1) is 10.5. The van der Waals surface area contributed by atoms with Gasteiger partial charge in [-0.15, -0.1) is 0 Å². The van der Waals surface area contributed by atoms with E-state index in [0.29, 0.717) is 17.3 Å². The normalized spacial score (nSPS) is 10.7. The van der Waals surface area contributed by atoms with E-state index < -0.39 is 0 Å². The Morgan fingerprint density at radius 2 is 2.25 bits per heavy atom. The van der Waals surface area contributed by atoms with Crippen LogP contribution in [0.25, 0.3) is 5.82 Å². The molecule has 0 bridgehead atoms. The molecular formula is C12H13N3O. The average Bonchev–Trinajstić information content (AvgIpc) is 2.78. The Bertz CT molecular complexity index is 502. The number of rotatable bonds is 3. The van der Waals surface area contributed by atoms with Crippen molar-refractivity contribution in [3.63, 3.8) is 0 Å². The molecule has 0 unspecified atom stereocenters. The Hall–Kier alpha value is -1.97. The average molecular weight is 215 g/mol. The zero-order chi connectivity index (χ0) is 11.5. The molecule has 0 aliphatic rings. The number of hydrogen-bond acceptors (Lipinski definition) is 3. The highest BCUT2D eigenvalue weighted by molar-refractivity contribution is 5.79. The van der Waals surface area contributed by atoms with Crippen LogP contribution in [0.15, 0.2) is 30.7 Å². The Kier molecular flexibility index (Phi) is 2.81. The third-order valence-corrected chi connectivity index (χ3v) is 2.43. The van der Waals surface area contributed by atoms with Gasteiger partial charge in [0.2, 0.25) is 0 Å². The number of carbonyl (C=O) groups excluding carboxylic acids is 1. The van der Waals surface area contributed by atoms with Crippen LogP contribution in [0.3, 0.4) is 0 Å². The molecule has 0 fully saturated rings. The van der Waals surface area contributed by atoms with Crippen LogP contribution in [0.1, 0.15) is 35.7 Å². The summed E-state index contributed by atoms with van der Waals surface area (Å²) in [5.41, 5.74) is 1.67. The first-order valence-electron chi connectivity index (χ1n) is 5.17. The van der Waals surface area contributed by atoms with Crippen LogP contribution in [0.2, 0.25) is 0 Å². The maximum Gasteiger partial charge on any atom is 0.163 e. The maximum absolute atomic E-state index is 10.9. The summed E-state index contributed by atoms with van der Waals surface area (Å²) in [5.74, 6) is 0.988. The highest BCUT2D eigenvalue weighted by atomic mass is 16.1. The third-order valence-electron chi connectivity index (χ3n) is 2.43. The minimum absolute atomic E-state index is 0.414. The van der Waals surface area contributed by atoms with Crippen LogP contribution in [0.4, 0.5) is 0 Å². The summed E-state index contributed by atoms with van der Waals surface area (Å²) >= 11 is 0. The molecule has 0 N–H and O–H groups in total. The van der Waals surface area contributed by atoms with Crippen molar-refractivity contribution in [2.75, 3.05) is 0 Å². The zero-order valence-electron chi connectivity index (χ0n) is 9.29. The lowest BCUT2D eigenvalue weighted by Gasteiger charge is -2.02. The fourth-order valence-corrected chi connectivity index (χ4v) is 1.44. The van der Waals surface area contributed by atoms with Crippen LogP contribution in [-0.4, -0.2) is 21.1 Å². The molecule has 0 amide bonds. The van der Waals surface area contributed by atoms with Gasteiger partial charge in [-0.05, 0) is 23.6 Å². The second kappa shape index (κ2) is 4.26. The lowest BCUT2D eigenvalue weighted by molar-refractivity contribution is 0.112. The van der Waals surface area contributed by atoms with Gasteiger partial charge in [-0.3, -0.25) is 4.79 Å². The van der Waals surface area contributed by atoms with E-state index in [-0.39, 0.29) is 0 Å². The highest BCUT2D eigenvalue weighted by Crippen LogP contribution is 2.15. The quantitative estimate of drug-likeness (QED) is 0.737. The van der Waals surface area contributed by atoms with Crippen molar-refractivity contribution in [3.05, 3.63) is 41.9 Å². The van der Waals surface area contributed by atoms with Crippen molar-refractivity contribution < 1.29 is 4.79 Å². The molecule has 0 aliphatic carbocycles. The fourth-order valence-electron chi connectivity index (χ4n) is 1.44. The molecule has 16 heavy (non-hydrogen) atoms. The van der Waals surface area contributed by atoms with Crippen LogP contribution < -0.4 is 0 Å². The number of hydrogen-bond donors (Lipinski definition) is 0. The maximum atomic E-state index is 10.9. The zero-order valence-corrected chi connectivity index (χ0v) is 9.29. The number of pyridine rings is 1. The fraction of sp³-hybridized carbons (Fsp3) is 0.250. The second-order valence-electron chi connectivity index (χ2n) is 3.91. The molecule has 0 spiro atoms. The van der Waals surface area contributed by atoms with E-state index in [9.17, 15) is 4.79 Å². The smallest absolute Gasteiger partial charge is 0.163 e. The predicted octanol–water partition coefficient (Wildman–Crippen LogP) is 2.20. The van der Waals surface area contributed by atoms with Gasteiger partial charge in [-0.2, -0.15) is 5.10 Å². The van der Waals surface area contributed by atoms with Gasteiger partial charge < -0.3 is 0 Å². The monoisotopic (exact) mass is 215 g/mol. The molecule has 0 aromatic carbocycles. The molecule has 82 valence electrons. The minimum Gasteiger partial charge on any atom is -0.298 e. The SMILES string of the molecule is CC(C)c1cnn(-c2ncccc2C=O)c1. The van der Waals surface area contributed by atoms with E-state index in [1.54, 1.807) is 29.2 Å². The molecule has 2 heterocycles. The molecule has 0 saturated carbocycles. The first-order valence-corrected chi connectivity index (χ1v) is 5.17. The number of aldehydes is 1. The number of nitrogens with zero attached hydrogens (tertiary/aromatic N) is 3. The Balaban J connectivity index is 2.46. The Morgan fingerprint density at radius 3 is 2.88 bits per heavy atom. The van der Waals surface area contributed by atoms with Crippen molar-refractivity contribution >= 4 is 6.29 Å². The summed E-state index contributed by atoms with van der Waals surface area (Å²) in [6.07, 6.45) is 6.14. The highest BCUT2D eigenvalue weighted by Gasteiger charge is 2.08. The summed E-state index contributed by atoms with van der Waals surface area (Å²) in [6.45, 7) is 4.20. The van der Waals surface area contributed by atoms with E-state index in [0.717, 1.165) is 11.8 Å². The second-order valence-corrected chi connectivity index (χ2v) is 3.91. The topological polar surface area (TPSA) is 47.8 Å². The predicted molar refractivity (Wildman–Crippen MR) is 60.8 cm³/mol. The number of carbonyl (C=O) groups is 1. The molecule has 2 rings (SSSR count). The largest absolute Gasteiger partial charge is 0.298 e. The van der Waals surface area contributed by atoms with Crippen molar-refractivity contribution in [2.24, 2.45) is 0 Å². The van der Waals surface area contributed by atoms with Crippen LogP contribution in [-0.2, 0) is 0 Å². The minimum atomic E-state index is 0.414. The van der Waals surface area contributed by atoms with Gasteiger partial charge in [-0.1, -0.05) is 13.8 Å². The number of aromatic nitrogens is 3. The van der Waals surface area contributed by atoms with Gasteiger partial charge in [0.15, 0.2) is 12.1 Å². The van der Waals surface area contributed by atoms with Gasteiger partial charge in [0.25, 0.3) is 0 Å². The molecule has 4 heteroatoms. The Morgan fingerprint density at radius 1 is 1.44 bits per heavy atom. The summed E-state index contributed by atoms with van der Waals surface area (Å²) in [4.78, 5) is 15.0. The summed E-state index contributed by atoms with van der Waals surface area (Å²) < 4.78 is 1.64. The standard InChI is InChI=1S/C12H13N3O/c1-9(2)11-6-14-15(7-11)12-10(8-16)4-3-5-13-12/h3-9H,1-2H3. The summed E-state index contributed by atoms with van der Waals surface area (Å²) in [7, 11) is 0. The molecule has 2 aromatic rings. The first-order chi connectivity index (χ1) is 7.72. The van der Waals surface area contributed by atoms with Gasteiger partial charge in [0.1, 0.15) is 0 Å². The van der Waals surface area contributed by atoms with E-state index in [1.807, 2.05) is 6.20 Å². The van der Waals surface area contributed by atoms with Crippen molar-refractivity contribution in [3.8, 4) is 5.82 Å². The van der Waals surface area contributed by atoms with Gasteiger partial charge in [0.05, 0.1) is 11.8 Å². The van der Waals surface area contributed by atoms with Crippen LogP contribution in [0.5, 0.6) is 0 Å². The van der Waals surface area contributed by atoms with Crippen molar-refractivity contribution in [1.29, 1.82) is 0 Å². The molecule has 0 aliphatic heterocycles. The molecule has 4 nitrogen and oxygen atoms in total. The van der Waals surface area contributed by atoms with Gasteiger partial charge in [-0.25, -0.2) is 9.67 Å². The summed E-state index contributed by atoms with van der Waals surface area (Å²) in [6, 6.07) is 3.46. The van der Waals surface area contributed by atoms with Crippen molar-refractivity contribution in [1.82, 2.24) is 14.8 Å². The van der Waals surface area contributed by atoms with Gasteiger partial charge in [0, 0.05) is 12.4 Å². The third kappa shape index (κ3) is 1.86. The van der Waals surface area contributed by atoms with Crippen molar-refractivity contribution in [2.45, 2.75) is 19.8 Å². The molecule has 0 saturated heterocycles. The van der Waals surface area contributed by atoms with E-state index in [2.05, 4.69) is 23.9 Å². The van der Waals surface area contributed by atoms with Crippen LogP contribution >= 0.6 is 0 Å². The van der Waals surface area contributed by atoms with Crippen LogP contribution in [0, 0.1) is 0 Å².